The van der Waals surface area contributed by atoms with Gasteiger partial charge in [0, 0.05) is 25.0 Å². The second-order valence-electron chi connectivity index (χ2n) is 4.44. The molecule has 2 rings (SSSR count). The molecule has 1 saturated heterocycles. The van der Waals surface area contributed by atoms with Crippen LogP contribution < -0.4 is 16.0 Å². The first-order valence-electron chi connectivity index (χ1n) is 6.37. The average Bonchev–Trinajstić information content (AvgIpc) is 2.89. The van der Waals surface area contributed by atoms with Crippen molar-refractivity contribution >= 4 is 5.82 Å². The topological polar surface area (TPSA) is 82.3 Å². The molecule has 100 valence electrons. The maximum atomic E-state index is 5.69. The molecule has 18 heavy (non-hydrogen) atoms. The molecule has 0 bridgehead atoms. The van der Waals surface area contributed by atoms with Gasteiger partial charge in [0.15, 0.2) is 0 Å². The van der Waals surface area contributed by atoms with Crippen LogP contribution in [0.25, 0.3) is 0 Å². The number of nitrogens with two attached hydrogens (primary N) is 1. The summed E-state index contributed by atoms with van der Waals surface area (Å²) in [7, 11) is 0. The Bertz CT molecular complexity index is 380. The number of hydrogen-bond donors (Lipinski definition) is 2. The van der Waals surface area contributed by atoms with Crippen LogP contribution >= 0.6 is 0 Å². The second kappa shape index (κ2) is 6.51. The van der Waals surface area contributed by atoms with Gasteiger partial charge in [-0.3, -0.25) is 0 Å². The van der Waals surface area contributed by atoms with E-state index in [0.717, 1.165) is 38.3 Å². The van der Waals surface area contributed by atoms with Crippen LogP contribution in [0.4, 0.5) is 5.82 Å². The SMILES string of the molecule is CCCc1nc(NN)cc(OCC2CCOC2)n1. The first-order valence-corrected chi connectivity index (χ1v) is 6.37. The van der Waals surface area contributed by atoms with Gasteiger partial charge in [0.2, 0.25) is 5.88 Å². The lowest BCUT2D eigenvalue weighted by Gasteiger charge is -2.11. The van der Waals surface area contributed by atoms with Crippen LogP contribution in [0.3, 0.4) is 0 Å². The van der Waals surface area contributed by atoms with Crippen molar-refractivity contribution in [2.45, 2.75) is 26.2 Å². The van der Waals surface area contributed by atoms with E-state index >= 15 is 0 Å². The standard InChI is InChI=1S/C12H20N4O2/c1-2-3-10-14-11(16-13)6-12(15-10)18-8-9-4-5-17-7-9/h6,9H,2-5,7-8,13H2,1H3,(H,14,15,16). The fraction of sp³-hybridized carbons (Fsp3) is 0.667. The van der Waals surface area contributed by atoms with E-state index in [1.165, 1.54) is 0 Å². The molecule has 1 aliphatic rings. The van der Waals surface area contributed by atoms with Gasteiger partial charge in [0.1, 0.15) is 11.6 Å². The van der Waals surface area contributed by atoms with Crippen LogP contribution in [0, 0.1) is 5.92 Å². The molecule has 1 aromatic rings. The number of aromatic nitrogens is 2. The summed E-state index contributed by atoms with van der Waals surface area (Å²) >= 11 is 0. The predicted molar refractivity (Wildman–Crippen MR) is 68.3 cm³/mol. The smallest absolute Gasteiger partial charge is 0.218 e. The van der Waals surface area contributed by atoms with Crippen LogP contribution in [-0.4, -0.2) is 29.8 Å². The fourth-order valence-electron chi connectivity index (χ4n) is 1.87. The molecule has 0 amide bonds. The van der Waals surface area contributed by atoms with Crippen molar-refractivity contribution in [1.29, 1.82) is 0 Å². The normalized spacial score (nSPS) is 18.9. The molecular formula is C12H20N4O2. The number of nitrogens with zero attached hydrogens (tertiary/aromatic N) is 2. The van der Waals surface area contributed by atoms with Crippen LogP contribution in [0.5, 0.6) is 5.88 Å². The molecular weight excluding hydrogens is 232 g/mol. The number of aryl methyl sites for hydroxylation is 1. The minimum absolute atomic E-state index is 0.462. The van der Waals surface area contributed by atoms with Crippen LogP contribution in [0.1, 0.15) is 25.6 Å². The van der Waals surface area contributed by atoms with Gasteiger partial charge < -0.3 is 14.9 Å². The van der Waals surface area contributed by atoms with E-state index in [9.17, 15) is 0 Å². The van der Waals surface area contributed by atoms with Crippen LogP contribution in [-0.2, 0) is 11.2 Å². The second-order valence-corrected chi connectivity index (χ2v) is 4.44. The van der Waals surface area contributed by atoms with Crippen molar-refractivity contribution in [1.82, 2.24) is 9.97 Å². The zero-order valence-corrected chi connectivity index (χ0v) is 10.7. The summed E-state index contributed by atoms with van der Waals surface area (Å²) < 4.78 is 11.0. The molecule has 1 aromatic heterocycles. The van der Waals surface area contributed by atoms with Crippen LogP contribution in [0.15, 0.2) is 6.07 Å². The maximum absolute atomic E-state index is 5.69. The van der Waals surface area contributed by atoms with Gasteiger partial charge in [-0.2, -0.15) is 4.98 Å². The molecule has 1 fully saturated rings. The monoisotopic (exact) mass is 252 g/mol. The molecule has 0 aromatic carbocycles. The summed E-state index contributed by atoms with van der Waals surface area (Å²) in [6.45, 7) is 4.32. The molecule has 0 aliphatic carbocycles. The number of hydrogen-bond acceptors (Lipinski definition) is 6. The minimum atomic E-state index is 0.462. The number of rotatable bonds is 6. The summed E-state index contributed by atoms with van der Waals surface area (Å²) in [4.78, 5) is 8.63. The molecule has 0 spiro atoms. The summed E-state index contributed by atoms with van der Waals surface area (Å²) in [6, 6.07) is 1.72. The van der Waals surface area contributed by atoms with E-state index in [1.54, 1.807) is 6.07 Å². The summed E-state index contributed by atoms with van der Waals surface area (Å²) in [5.41, 5.74) is 2.54. The Hall–Kier alpha value is -1.40. The highest BCUT2D eigenvalue weighted by molar-refractivity contribution is 5.37. The highest BCUT2D eigenvalue weighted by Crippen LogP contribution is 2.17. The number of nitrogens with one attached hydrogen (secondary N) is 1. The van der Waals surface area contributed by atoms with Crippen LogP contribution in [0.2, 0.25) is 0 Å². The Morgan fingerprint density at radius 1 is 1.56 bits per heavy atom. The molecule has 1 aliphatic heterocycles. The fourth-order valence-corrected chi connectivity index (χ4v) is 1.87. The van der Waals surface area contributed by atoms with Gasteiger partial charge >= 0.3 is 0 Å². The van der Waals surface area contributed by atoms with Gasteiger partial charge in [-0.25, -0.2) is 10.8 Å². The highest BCUT2D eigenvalue weighted by Gasteiger charge is 2.16. The summed E-state index contributed by atoms with van der Waals surface area (Å²) in [5.74, 6) is 7.77. The highest BCUT2D eigenvalue weighted by atomic mass is 16.5. The third-order valence-corrected chi connectivity index (χ3v) is 2.86. The third-order valence-electron chi connectivity index (χ3n) is 2.86. The average molecular weight is 252 g/mol. The van der Waals surface area contributed by atoms with Gasteiger partial charge in [-0.1, -0.05) is 6.92 Å². The predicted octanol–water partition coefficient (Wildman–Crippen LogP) is 1.13. The Kier molecular flexibility index (Phi) is 4.72. The largest absolute Gasteiger partial charge is 0.477 e. The zero-order valence-electron chi connectivity index (χ0n) is 10.7. The Labute approximate surface area is 107 Å². The molecule has 0 saturated carbocycles. The molecule has 6 nitrogen and oxygen atoms in total. The number of anilines is 1. The van der Waals surface area contributed by atoms with E-state index in [1.807, 2.05) is 0 Å². The molecule has 1 atom stereocenters. The van der Waals surface area contributed by atoms with Crippen molar-refractivity contribution < 1.29 is 9.47 Å². The van der Waals surface area contributed by atoms with Gasteiger partial charge in [-0.15, -0.1) is 0 Å². The lowest BCUT2D eigenvalue weighted by Crippen LogP contribution is -2.15. The van der Waals surface area contributed by atoms with E-state index in [4.69, 9.17) is 15.3 Å². The van der Waals surface area contributed by atoms with Gasteiger partial charge in [-0.05, 0) is 12.8 Å². The summed E-state index contributed by atoms with van der Waals surface area (Å²) in [5, 5.41) is 0. The first kappa shape index (κ1) is 13.0. The van der Waals surface area contributed by atoms with Crippen molar-refractivity contribution in [3.63, 3.8) is 0 Å². The van der Waals surface area contributed by atoms with E-state index in [0.29, 0.717) is 24.2 Å². The number of hydrazine groups is 1. The number of ether oxygens (including phenoxy) is 2. The molecule has 6 heteroatoms. The quantitative estimate of drug-likeness (QED) is 0.583. The maximum Gasteiger partial charge on any atom is 0.218 e. The Morgan fingerprint density at radius 2 is 2.44 bits per heavy atom. The molecule has 2 heterocycles. The third kappa shape index (κ3) is 3.54. The van der Waals surface area contributed by atoms with Crippen molar-refractivity contribution in [3.05, 3.63) is 11.9 Å². The Morgan fingerprint density at radius 3 is 3.11 bits per heavy atom. The zero-order chi connectivity index (χ0) is 12.8. The van der Waals surface area contributed by atoms with Crippen molar-refractivity contribution in [2.24, 2.45) is 11.8 Å². The number of nitrogen functional groups attached to an aromatic ring is 1. The molecule has 1 unspecified atom stereocenters. The Balaban J connectivity index is 1.98. The molecule has 3 N–H and O–H groups in total. The van der Waals surface area contributed by atoms with E-state index < -0.39 is 0 Å². The lowest BCUT2D eigenvalue weighted by atomic mass is 10.1. The molecule has 0 radical (unpaired) electrons. The first-order chi connectivity index (χ1) is 8.81. The minimum Gasteiger partial charge on any atom is -0.477 e. The summed E-state index contributed by atoms with van der Waals surface area (Å²) in [6.07, 6.45) is 2.86. The van der Waals surface area contributed by atoms with Gasteiger partial charge in [0.05, 0.1) is 13.2 Å². The van der Waals surface area contributed by atoms with E-state index in [2.05, 4.69) is 22.3 Å². The van der Waals surface area contributed by atoms with Crippen molar-refractivity contribution in [2.75, 3.05) is 25.2 Å². The van der Waals surface area contributed by atoms with Gasteiger partial charge in [0.25, 0.3) is 0 Å². The lowest BCUT2D eigenvalue weighted by molar-refractivity contribution is 0.165. The van der Waals surface area contributed by atoms with Crippen molar-refractivity contribution in [3.8, 4) is 5.88 Å². The van der Waals surface area contributed by atoms with E-state index in [-0.39, 0.29) is 0 Å².